The number of hydrogen-bond donors (Lipinski definition) is 0. The highest BCUT2D eigenvalue weighted by Gasteiger charge is 2.23. The van der Waals surface area contributed by atoms with Crippen molar-refractivity contribution in [1.29, 1.82) is 0 Å². The third-order valence-corrected chi connectivity index (χ3v) is 4.14. The maximum atomic E-state index is 5.99. The van der Waals surface area contributed by atoms with Crippen LogP contribution < -0.4 is 4.74 Å². The summed E-state index contributed by atoms with van der Waals surface area (Å²) >= 11 is 0. The molecule has 24 heavy (non-hydrogen) atoms. The van der Waals surface area contributed by atoms with Crippen LogP contribution in [0.4, 0.5) is 0 Å². The molecule has 1 unspecified atom stereocenters. The van der Waals surface area contributed by atoms with Crippen molar-refractivity contribution in [3.05, 3.63) is 66.1 Å². The van der Waals surface area contributed by atoms with Crippen LogP contribution in [0.2, 0.25) is 0 Å². The molecule has 4 rings (SSSR count). The predicted molar refractivity (Wildman–Crippen MR) is 90.6 cm³/mol. The monoisotopic (exact) mass is 321 g/mol. The van der Waals surface area contributed by atoms with Gasteiger partial charge >= 0.3 is 0 Å². The molecule has 0 radical (unpaired) electrons. The average molecular weight is 321 g/mol. The molecule has 3 aromatic rings. The minimum Gasteiger partial charge on any atom is -0.488 e. The molecule has 0 amide bonds. The molecule has 3 heterocycles. The number of nitrogens with zero attached hydrogens (tertiary/aromatic N) is 3. The molecule has 5 heteroatoms. The van der Waals surface area contributed by atoms with Crippen molar-refractivity contribution < 1.29 is 9.26 Å². The van der Waals surface area contributed by atoms with E-state index in [9.17, 15) is 0 Å². The average Bonchev–Trinajstić information content (AvgIpc) is 3.21. The van der Waals surface area contributed by atoms with Gasteiger partial charge in [0.2, 0.25) is 0 Å². The number of rotatable bonds is 5. The van der Waals surface area contributed by atoms with Gasteiger partial charge in [-0.3, -0.25) is 9.88 Å². The zero-order valence-corrected chi connectivity index (χ0v) is 13.6. The van der Waals surface area contributed by atoms with E-state index in [1.807, 2.05) is 36.4 Å². The number of likely N-dealkylation sites (N-methyl/N-ethyl adjacent to an activating group) is 1. The summed E-state index contributed by atoms with van der Waals surface area (Å²) in [6.07, 6.45) is 2.90. The largest absolute Gasteiger partial charge is 0.488 e. The van der Waals surface area contributed by atoms with Gasteiger partial charge in [0.15, 0.2) is 5.76 Å². The Morgan fingerprint density at radius 1 is 1.12 bits per heavy atom. The Morgan fingerprint density at radius 2 is 2.00 bits per heavy atom. The van der Waals surface area contributed by atoms with Gasteiger partial charge in [-0.05, 0) is 30.8 Å². The second-order valence-corrected chi connectivity index (χ2v) is 6.14. The van der Waals surface area contributed by atoms with Crippen LogP contribution in [0, 0.1) is 0 Å². The summed E-state index contributed by atoms with van der Waals surface area (Å²) in [5, 5.41) is 4.11. The van der Waals surface area contributed by atoms with E-state index in [-0.39, 0.29) is 6.10 Å². The van der Waals surface area contributed by atoms with Gasteiger partial charge in [-0.15, -0.1) is 0 Å². The lowest BCUT2D eigenvalue weighted by atomic mass is 10.1. The number of hydrogen-bond acceptors (Lipinski definition) is 5. The smallest absolute Gasteiger partial charge is 0.151 e. The highest BCUT2D eigenvalue weighted by molar-refractivity contribution is 5.52. The van der Waals surface area contributed by atoms with Gasteiger partial charge < -0.3 is 9.26 Å². The molecule has 1 aliphatic rings. The van der Waals surface area contributed by atoms with Crippen LogP contribution in [0.15, 0.2) is 59.3 Å². The van der Waals surface area contributed by atoms with E-state index in [1.54, 1.807) is 6.20 Å². The first-order chi connectivity index (χ1) is 11.8. The molecule has 0 spiro atoms. The van der Waals surface area contributed by atoms with Crippen LogP contribution >= 0.6 is 0 Å². The van der Waals surface area contributed by atoms with Gasteiger partial charge in [-0.25, -0.2) is 0 Å². The Hall–Kier alpha value is -2.66. The van der Waals surface area contributed by atoms with E-state index in [0.29, 0.717) is 6.54 Å². The van der Waals surface area contributed by atoms with Crippen LogP contribution in [0.3, 0.4) is 0 Å². The first-order valence-corrected chi connectivity index (χ1v) is 8.08. The van der Waals surface area contributed by atoms with Crippen molar-refractivity contribution in [3.63, 3.8) is 0 Å². The van der Waals surface area contributed by atoms with Gasteiger partial charge in [0, 0.05) is 25.2 Å². The summed E-state index contributed by atoms with van der Waals surface area (Å²) in [6, 6.07) is 15.9. The second kappa shape index (κ2) is 6.45. The summed E-state index contributed by atoms with van der Waals surface area (Å²) in [5.41, 5.74) is 2.88. The SMILES string of the molecule is CN(Cc1cc(-c2ccccn2)no1)CC1Cc2ccccc2O1. The molecule has 0 saturated carbocycles. The van der Waals surface area contributed by atoms with E-state index in [0.717, 1.165) is 35.9 Å². The van der Waals surface area contributed by atoms with Crippen molar-refractivity contribution in [3.8, 4) is 17.1 Å². The summed E-state index contributed by atoms with van der Waals surface area (Å²) in [5.74, 6) is 1.83. The zero-order valence-electron chi connectivity index (χ0n) is 13.6. The topological polar surface area (TPSA) is 51.4 Å². The minimum atomic E-state index is 0.186. The van der Waals surface area contributed by atoms with Gasteiger partial charge in [0.25, 0.3) is 0 Å². The number of ether oxygens (including phenoxy) is 1. The Bertz CT molecular complexity index is 791. The second-order valence-electron chi connectivity index (χ2n) is 6.14. The summed E-state index contributed by atoms with van der Waals surface area (Å²) < 4.78 is 11.4. The van der Waals surface area contributed by atoms with E-state index in [2.05, 4.69) is 34.2 Å². The quantitative estimate of drug-likeness (QED) is 0.722. The highest BCUT2D eigenvalue weighted by Crippen LogP contribution is 2.28. The Kier molecular flexibility index (Phi) is 4.01. The van der Waals surface area contributed by atoms with Crippen LogP contribution in [-0.4, -0.2) is 34.7 Å². The standard InChI is InChI=1S/C19H19N3O2/c1-22(12-15-10-14-6-2-3-8-19(14)23-15)13-16-11-18(21-24-16)17-7-4-5-9-20-17/h2-9,11,15H,10,12-13H2,1H3. The summed E-state index contributed by atoms with van der Waals surface area (Å²) in [4.78, 5) is 6.49. The number of fused-ring (bicyclic) bond motifs is 1. The molecule has 0 aliphatic carbocycles. The molecule has 5 nitrogen and oxygen atoms in total. The number of benzene rings is 1. The van der Waals surface area contributed by atoms with Crippen molar-refractivity contribution in [2.24, 2.45) is 0 Å². The minimum absolute atomic E-state index is 0.186. The van der Waals surface area contributed by atoms with Crippen LogP contribution in [-0.2, 0) is 13.0 Å². The molecular weight excluding hydrogens is 302 g/mol. The number of pyridine rings is 1. The van der Waals surface area contributed by atoms with Crippen molar-refractivity contribution in [2.75, 3.05) is 13.6 Å². The first-order valence-electron chi connectivity index (χ1n) is 8.08. The van der Waals surface area contributed by atoms with Gasteiger partial charge in [-0.2, -0.15) is 0 Å². The Labute approximate surface area is 140 Å². The molecule has 0 bridgehead atoms. The molecule has 2 aromatic heterocycles. The fourth-order valence-electron chi connectivity index (χ4n) is 3.06. The predicted octanol–water partition coefficient (Wildman–Crippen LogP) is 3.17. The van der Waals surface area contributed by atoms with Crippen LogP contribution in [0.5, 0.6) is 5.75 Å². The van der Waals surface area contributed by atoms with Crippen LogP contribution in [0.1, 0.15) is 11.3 Å². The zero-order chi connectivity index (χ0) is 16.4. The molecule has 122 valence electrons. The first kappa shape index (κ1) is 14.9. The number of para-hydroxylation sites is 1. The molecule has 0 fully saturated rings. The van der Waals surface area contributed by atoms with Gasteiger partial charge in [0.05, 0.1) is 12.2 Å². The third kappa shape index (κ3) is 3.16. The highest BCUT2D eigenvalue weighted by atomic mass is 16.5. The van der Waals surface area contributed by atoms with E-state index < -0.39 is 0 Å². The third-order valence-electron chi connectivity index (χ3n) is 4.14. The number of aromatic nitrogens is 2. The summed E-state index contributed by atoms with van der Waals surface area (Å²) in [6.45, 7) is 1.53. The van der Waals surface area contributed by atoms with Crippen LogP contribution in [0.25, 0.3) is 11.4 Å². The van der Waals surface area contributed by atoms with Crippen molar-refractivity contribution in [2.45, 2.75) is 19.1 Å². The van der Waals surface area contributed by atoms with E-state index >= 15 is 0 Å². The van der Waals surface area contributed by atoms with Gasteiger partial charge in [-0.1, -0.05) is 29.4 Å². The fraction of sp³-hybridized carbons (Fsp3) is 0.263. The molecule has 0 N–H and O–H groups in total. The van der Waals surface area contributed by atoms with Gasteiger partial charge in [0.1, 0.15) is 17.5 Å². The molecule has 1 aromatic carbocycles. The van der Waals surface area contributed by atoms with E-state index in [1.165, 1.54) is 5.56 Å². The van der Waals surface area contributed by atoms with Crippen molar-refractivity contribution in [1.82, 2.24) is 15.0 Å². The Morgan fingerprint density at radius 3 is 2.83 bits per heavy atom. The summed E-state index contributed by atoms with van der Waals surface area (Å²) in [7, 11) is 2.06. The van der Waals surface area contributed by atoms with Crippen molar-refractivity contribution >= 4 is 0 Å². The lowest BCUT2D eigenvalue weighted by Gasteiger charge is -2.19. The Balaban J connectivity index is 1.36. The van der Waals surface area contributed by atoms with E-state index in [4.69, 9.17) is 9.26 Å². The molecule has 1 aliphatic heterocycles. The fourth-order valence-corrected chi connectivity index (χ4v) is 3.06. The lowest BCUT2D eigenvalue weighted by Crippen LogP contribution is -2.31. The maximum absolute atomic E-state index is 5.99. The normalized spacial score (nSPS) is 16.2. The lowest BCUT2D eigenvalue weighted by molar-refractivity contribution is 0.157. The molecular formula is C19H19N3O2. The maximum Gasteiger partial charge on any atom is 0.151 e. The molecule has 1 atom stereocenters. The molecule has 0 saturated heterocycles.